The van der Waals surface area contributed by atoms with Gasteiger partial charge in [-0.1, -0.05) is 23.2 Å². The number of aromatic nitrogens is 2. The number of carboxylic acids is 1. The summed E-state index contributed by atoms with van der Waals surface area (Å²) in [7, 11) is 0. The first-order valence-electron chi connectivity index (χ1n) is 6.17. The zero-order chi connectivity index (χ0) is 14.3. The number of halogens is 2. The van der Waals surface area contributed by atoms with Crippen LogP contribution in [0.3, 0.4) is 0 Å². The maximum absolute atomic E-state index is 11.2. The molecular weight excluding hydrogens is 301 g/mol. The standard InChI is InChI=1S/C13H11Cl2N3O2/c14-7-4-9-10(5-8(7)15)17-12(6-16-9)18-3-1-2-11(18)13(19)20/h4-6,11H,1-3H2,(H,19,20)/t11-/m0/s1. The van der Waals surface area contributed by atoms with Gasteiger partial charge in [0, 0.05) is 6.54 Å². The molecule has 0 bridgehead atoms. The third kappa shape index (κ3) is 2.27. The Bertz CT molecular complexity index is 693. The van der Waals surface area contributed by atoms with Gasteiger partial charge in [-0.05, 0) is 25.0 Å². The Balaban J connectivity index is 2.04. The highest BCUT2D eigenvalue weighted by Gasteiger charge is 2.31. The van der Waals surface area contributed by atoms with E-state index in [4.69, 9.17) is 23.2 Å². The van der Waals surface area contributed by atoms with Gasteiger partial charge in [-0.3, -0.25) is 4.98 Å². The fourth-order valence-electron chi connectivity index (χ4n) is 2.43. The van der Waals surface area contributed by atoms with E-state index in [9.17, 15) is 9.90 Å². The summed E-state index contributed by atoms with van der Waals surface area (Å²) in [6, 6.07) is 2.75. The van der Waals surface area contributed by atoms with Crippen molar-refractivity contribution in [3.8, 4) is 0 Å². The molecule has 0 amide bonds. The molecule has 1 N–H and O–H groups in total. The predicted molar refractivity (Wildman–Crippen MR) is 77.6 cm³/mol. The first-order valence-corrected chi connectivity index (χ1v) is 6.93. The quantitative estimate of drug-likeness (QED) is 0.923. The highest BCUT2D eigenvalue weighted by molar-refractivity contribution is 6.42. The molecule has 2 heterocycles. The monoisotopic (exact) mass is 311 g/mol. The highest BCUT2D eigenvalue weighted by atomic mass is 35.5. The van der Waals surface area contributed by atoms with Gasteiger partial charge < -0.3 is 10.0 Å². The molecule has 0 spiro atoms. The number of benzene rings is 1. The molecule has 1 atom stereocenters. The average molecular weight is 312 g/mol. The van der Waals surface area contributed by atoms with Crippen molar-refractivity contribution in [2.45, 2.75) is 18.9 Å². The van der Waals surface area contributed by atoms with Crippen LogP contribution in [0.15, 0.2) is 18.3 Å². The summed E-state index contributed by atoms with van der Waals surface area (Å²) in [5.41, 5.74) is 1.24. The molecule has 1 fully saturated rings. The molecule has 7 heteroatoms. The molecule has 104 valence electrons. The second-order valence-electron chi connectivity index (χ2n) is 4.67. The van der Waals surface area contributed by atoms with Gasteiger partial charge in [0.2, 0.25) is 0 Å². The van der Waals surface area contributed by atoms with Crippen LogP contribution >= 0.6 is 23.2 Å². The van der Waals surface area contributed by atoms with Gasteiger partial charge in [0.25, 0.3) is 0 Å². The van der Waals surface area contributed by atoms with Crippen molar-refractivity contribution in [1.29, 1.82) is 0 Å². The van der Waals surface area contributed by atoms with E-state index in [0.29, 0.717) is 39.9 Å². The molecule has 3 rings (SSSR count). The number of carbonyl (C=O) groups is 1. The van der Waals surface area contributed by atoms with Crippen LogP contribution in [0.5, 0.6) is 0 Å². The molecule has 1 aliphatic rings. The lowest BCUT2D eigenvalue weighted by molar-refractivity contribution is -0.138. The first kappa shape index (κ1) is 13.4. The predicted octanol–water partition coefficient (Wildman–Crippen LogP) is 2.99. The molecule has 0 radical (unpaired) electrons. The van der Waals surface area contributed by atoms with Crippen molar-refractivity contribution >= 4 is 46.0 Å². The van der Waals surface area contributed by atoms with Crippen LogP contribution in [0.4, 0.5) is 5.82 Å². The van der Waals surface area contributed by atoms with E-state index in [-0.39, 0.29) is 0 Å². The van der Waals surface area contributed by atoms with E-state index < -0.39 is 12.0 Å². The van der Waals surface area contributed by atoms with Crippen LogP contribution in [0.1, 0.15) is 12.8 Å². The summed E-state index contributed by atoms with van der Waals surface area (Å²) in [4.78, 5) is 21.7. The number of hydrogen-bond acceptors (Lipinski definition) is 4. The number of anilines is 1. The lowest BCUT2D eigenvalue weighted by atomic mass is 10.2. The summed E-state index contributed by atoms with van der Waals surface area (Å²) >= 11 is 11.9. The minimum Gasteiger partial charge on any atom is -0.480 e. The first-order chi connectivity index (χ1) is 9.56. The van der Waals surface area contributed by atoms with Gasteiger partial charge in [0.05, 0.1) is 27.3 Å². The number of rotatable bonds is 2. The number of nitrogens with zero attached hydrogens (tertiary/aromatic N) is 3. The van der Waals surface area contributed by atoms with E-state index in [0.717, 1.165) is 6.42 Å². The molecule has 1 aromatic heterocycles. The van der Waals surface area contributed by atoms with Crippen LogP contribution in [-0.2, 0) is 4.79 Å². The second-order valence-corrected chi connectivity index (χ2v) is 5.49. The Hall–Kier alpha value is -1.59. The van der Waals surface area contributed by atoms with Crippen LogP contribution in [0.2, 0.25) is 10.0 Å². The average Bonchev–Trinajstić information content (AvgIpc) is 2.89. The topological polar surface area (TPSA) is 66.3 Å². The molecule has 5 nitrogen and oxygen atoms in total. The Morgan fingerprint density at radius 3 is 2.70 bits per heavy atom. The zero-order valence-electron chi connectivity index (χ0n) is 10.4. The summed E-state index contributed by atoms with van der Waals surface area (Å²) < 4.78 is 0. The van der Waals surface area contributed by atoms with Gasteiger partial charge in [0.1, 0.15) is 11.9 Å². The van der Waals surface area contributed by atoms with E-state index >= 15 is 0 Å². The van der Waals surface area contributed by atoms with E-state index in [1.165, 1.54) is 0 Å². The minimum absolute atomic E-state index is 0.404. The molecule has 2 aromatic rings. The molecular formula is C13H11Cl2N3O2. The lowest BCUT2D eigenvalue weighted by Gasteiger charge is -2.22. The number of aliphatic carboxylic acids is 1. The fraction of sp³-hybridized carbons (Fsp3) is 0.308. The van der Waals surface area contributed by atoms with Gasteiger partial charge in [-0.2, -0.15) is 0 Å². The van der Waals surface area contributed by atoms with E-state index in [1.807, 2.05) is 0 Å². The van der Waals surface area contributed by atoms with Crippen LogP contribution < -0.4 is 4.90 Å². The van der Waals surface area contributed by atoms with Crippen LogP contribution in [0.25, 0.3) is 11.0 Å². The highest BCUT2D eigenvalue weighted by Crippen LogP contribution is 2.29. The van der Waals surface area contributed by atoms with Crippen molar-refractivity contribution in [1.82, 2.24) is 9.97 Å². The largest absolute Gasteiger partial charge is 0.480 e. The van der Waals surface area contributed by atoms with Crippen molar-refractivity contribution in [3.05, 3.63) is 28.4 Å². The van der Waals surface area contributed by atoms with Crippen LogP contribution in [-0.4, -0.2) is 33.6 Å². The Morgan fingerprint density at radius 2 is 2.00 bits per heavy atom. The molecule has 20 heavy (non-hydrogen) atoms. The Morgan fingerprint density at radius 1 is 1.30 bits per heavy atom. The molecule has 0 unspecified atom stereocenters. The molecule has 1 aromatic carbocycles. The van der Waals surface area contributed by atoms with Gasteiger partial charge in [-0.15, -0.1) is 0 Å². The maximum Gasteiger partial charge on any atom is 0.326 e. The smallest absolute Gasteiger partial charge is 0.326 e. The van der Waals surface area contributed by atoms with Crippen LogP contribution in [0, 0.1) is 0 Å². The van der Waals surface area contributed by atoms with Crippen molar-refractivity contribution in [2.75, 3.05) is 11.4 Å². The van der Waals surface area contributed by atoms with Gasteiger partial charge >= 0.3 is 5.97 Å². The van der Waals surface area contributed by atoms with Crippen molar-refractivity contribution in [2.24, 2.45) is 0 Å². The Labute approximate surface area is 125 Å². The minimum atomic E-state index is -0.835. The number of fused-ring (bicyclic) bond motifs is 1. The summed E-state index contributed by atoms with van der Waals surface area (Å²) in [6.45, 7) is 0.665. The Kier molecular flexibility index (Phi) is 3.40. The van der Waals surface area contributed by atoms with E-state index in [2.05, 4.69) is 9.97 Å². The number of carboxylic acid groups (broad SMARTS) is 1. The molecule has 0 aliphatic carbocycles. The number of hydrogen-bond donors (Lipinski definition) is 1. The normalized spacial score (nSPS) is 18.7. The second kappa shape index (κ2) is 5.07. The third-order valence-corrected chi connectivity index (χ3v) is 4.13. The van der Waals surface area contributed by atoms with E-state index in [1.54, 1.807) is 23.2 Å². The van der Waals surface area contributed by atoms with Crippen molar-refractivity contribution < 1.29 is 9.90 Å². The van der Waals surface area contributed by atoms with Crippen molar-refractivity contribution in [3.63, 3.8) is 0 Å². The molecule has 1 aliphatic heterocycles. The van der Waals surface area contributed by atoms with Gasteiger partial charge in [0.15, 0.2) is 0 Å². The lowest BCUT2D eigenvalue weighted by Crippen LogP contribution is -2.36. The maximum atomic E-state index is 11.2. The molecule has 1 saturated heterocycles. The SMILES string of the molecule is O=C(O)[C@@H]1CCCN1c1cnc2cc(Cl)c(Cl)cc2n1. The fourth-order valence-corrected chi connectivity index (χ4v) is 2.75. The zero-order valence-corrected chi connectivity index (χ0v) is 11.9. The third-order valence-electron chi connectivity index (χ3n) is 3.40. The summed E-state index contributed by atoms with van der Waals surface area (Å²) in [5, 5.41) is 10.0. The van der Waals surface area contributed by atoms with Gasteiger partial charge in [-0.25, -0.2) is 9.78 Å². The molecule has 0 saturated carbocycles. The summed E-state index contributed by atoms with van der Waals surface area (Å²) in [5.74, 6) is -0.278. The summed E-state index contributed by atoms with van der Waals surface area (Å²) in [6.07, 6.45) is 3.03.